The van der Waals surface area contributed by atoms with E-state index in [0.717, 1.165) is 11.3 Å². The molecule has 1 aliphatic carbocycles. The van der Waals surface area contributed by atoms with E-state index in [-0.39, 0.29) is 41.4 Å². The maximum Gasteiger partial charge on any atom is 0.348 e. The molecule has 0 unspecified atom stereocenters. The van der Waals surface area contributed by atoms with Crippen molar-refractivity contribution in [3.63, 3.8) is 0 Å². The van der Waals surface area contributed by atoms with Crippen molar-refractivity contribution in [3.05, 3.63) is 16.0 Å². The van der Waals surface area contributed by atoms with Crippen LogP contribution < -0.4 is 5.32 Å². The molecule has 0 aromatic carbocycles. The molecular weight excluding hydrogens is 354 g/mol. The molecule has 1 aromatic heterocycles. The molecule has 6 nitrogen and oxygen atoms in total. The van der Waals surface area contributed by atoms with Gasteiger partial charge in [-0.1, -0.05) is 27.7 Å². The minimum Gasteiger partial charge on any atom is -0.462 e. The summed E-state index contributed by atoms with van der Waals surface area (Å²) in [6.07, 6.45) is 0. The van der Waals surface area contributed by atoms with Crippen LogP contribution in [0.3, 0.4) is 0 Å². The molecule has 0 atom stereocenters. The highest BCUT2D eigenvalue weighted by Crippen LogP contribution is 2.68. The van der Waals surface area contributed by atoms with Crippen molar-refractivity contribution < 1.29 is 23.9 Å². The fourth-order valence-electron chi connectivity index (χ4n) is 3.48. The van der Waals surface area contributed by atoms with Crippen molar-refractivity contribution in [2.75, 3.05) is 18.5 Å². The number of ether oxygens (including phenoxy) is 2. The zero-order chi connectivity index (χ0) is 19.9. The predicted octanol–water partition coefficient (Wildman–Crippen LogP) is 4.03. The average Bonchev–Trinajstić information content (AvgIpc) is 2.77. The molecule has 1 saturated carbocycles. The highest BCUT2D eigenvalue weighted by molar-refractivity contribution is 7.18. The second-order valence-corrected chi connectivity index (χ2v) is 8.59. The van der Waals surface area contributed by atoms with Gasteiger partial charge in [0.15, 0.2) is 0 Å². The number of hydrogen-bond acceptors (Lipinski definition) is 6. The largest absolute Gasteiger partial charge is 0.462 e. The number of amides is 1. The minimum atomic E-state index is -0.554. The van der Waals surface area contributed by atoms with Gasteiger partial charge in [0, 0.05) is 5.92 Å². The van der Waals surface area contributed by atoms with Crippen LogP contribution in [0.4, 0.5) is 5.00 Å². The standard InChI is InChI=1S/C19H27NO5S/c1-8-24-16(22)11-10(3)12(17(23)25-9-2)26-15(11)20-14(21)13-18(4,5)19(13,6)7/h13H,8-9H2,1-7H3,(H,20,21). The lowest BCUT2D eigenvalue weighted by Gasteiger charge is -2.08. The van der Waals surface area contributed by atoms with Crippen LogP contribution in [0.1, 0.15) is 67.1 Å². The third-order valence-corrected chi connectivity index (χ3v) is 6.79. The van der Waals surface area contributed by atoms with Gasteiger partial charge in [-0.3, -0.25) is 4.79 Å². The van der Waals surface area contributed by atoms with Crippen molar-refractivity contribution in [3.8, 4) is 0 Å². The van der Waals surface area contributed by atoms with Crippen LogP contribution >= 0.6 is 11.3 Å². The summed E-state index contributed by atoms with van der Waals surface area (Å²) in [5.74, 6) is -1.38. The first-order valence-electron chi connectivity index (χ1n) is 8.79. The Labute approximate surface area is 158 Å². The zero-order valence-corrected chi connectivity index (χ0v) is 17.3. The lowest BCUT2D eigenvalue weighted by Crippen LogP contribution is -2.19. The molecule has 0 radical (unpaired) electrons. The zero-order valence-electron chi connectivity index (χ0n) is 16.4. The van der Waals surface area contributed by atoms with Crippen molar-refractivity contribution in [2.45, 2.75) is 48.5 Å². The predicted molar refractivity (Wildman–Crippen MR) is 101 cm³/mol. The molecule has 1 heterocycles. The number of esters is 2. The molecule has 1 aromatic rings. The van der Waals surface area contributed by atoms with E-state index in [1.54, 1.807) is 20.8 Å². The maximum absolute atomic E-state index is 12.8. The summed E-state index contributed by atoms with van der Waals surface area (Å²) in [7, 11) is 0. The number of hydrogen-bond donors (Lipinski definition) is 1. The summed E-state index contributed by atoms with van der Waals surface area (Å²) < 4.78 is 10.2. The summed E-state index contributed by atoms with van der Waals surface area (Å²) >= 11 is 1.05. The average molecular weight is 381 g/mol. The van der Waals surface area contributed by atoms with Gasteiger partial charge < -0.3 is 14.8 Å². The van der Waals surface area contributed by atoms with Gasteiger partial charge in [-0.2, -0.15) is 0 Å². The van der Waals surface area contributed by atoms with Gasteiger partial charge in [-0.05, 0) is 37.2 Å². The molecule has 26 heavy (non-hydrogen) atoms. The third-order valence-electron chi connectivity index (χ3n) is 5.61. The number of rotatable bonds is 6. The van der Waals surface area contributed by atoms with Crippen LogP contribution in [-0.2, 0) is 14.3 Å². The van der Waals surface area contributed by atoms with Crippen LogP contribution in [0.25, 0.3) is 0 Å². The first kappa shape index (κ1) is 20.4. The van der Waals surface area contributed by atoms with E-state index in [1.165, 1.54) is 0 Å². The quantitative estimate of drug-likeness (QED) is 0.752. The van der Waals surface area contributed by atoms with Crippen LogP contribution in [0.15, 0.2) is 0 Å². The summed E-state index contributed by atoms with van der Waals surface area (Å²) in [5.41, 5.74) is 0.440. The van der Waals surface area contributed by atoms with Crippen molar-refractivity contribution in [1.82, 2.24) is 0 Å². The molecule has 1 amide bonds. The first-order chi connectivity index (χ1) is 12.0. The van der Waals surface area contributed by atoms with E-state index in [2.05, 4.69) is 5.32 Å². The summed E-state index contributed by atoms with van der Waals surface area (Å²) in [6.45, 7) is 13.7. The number of carbonyl (C=O) groups is 3. The fourth-order valence-corrected chi connectivity index (χ4v) is 4.57. The Morgan fingerprint density at radius 2 is 1.50 bits per heavy atom. The number of nitrogens with one attached hydrogen (secondary N) is 1. The van der Waals surface area contributed by atoms with E-state index >= 15 is 0 Å². The molecule has 1 N–H and O–H groups in total. The molecule has 0 spiro atoms. The number of carbonyl (C=O) groups excluding carboxylic acids is 3. The fraction of sp³-hybridized carbons (Fsp3) is 0.632. The van der Waals surface area contributed by atoms with E-state index < -0.39 is 11.9 Å². The van der Waals surface area contributed by atoms with Crippen LogP contribution in [0.2, 0.25) is 0 Å². The van der Waals surface area contributed by atoms with E-state index in [1.807, 2.05) is 27.7 Å². The Kier molecular flexibility index (Phi) is 5.52. The Hall–Kier alpha value is -1.89. The van der Waals surface area contributed by atoms with Gasteiger partial charge in [0.25, 0.3) is 0 Å². The Morgan fingerprint density at radius 1 is 1.00 bits per heavy atom. The second kappa shape index (κ2) is 7.02. The smallest absolute Gasteiger partial charge is 0.348 e. The lowest BCUT2D eigenvalue weighted by molar-refractivity contribution is -0.118. The Morgan fingerprint density at radius 3 is 1.96 bits per heavy atom. The van der Waals surface area contributed by atoms with E-state index in [4.69, 9.17) is 9.47 Å². The van der Waals surface area contributed by atoms with E-state index in [0.29, 0.717) is 15.4 Å². The van der Waals surface area contributed by atoms with Gasteiger partial charge in [0.1, 0.15) is 9.88 Å². The highest BCUT2D eigenvalue weighted by Gasteiger charge is 2.68. The molecular formula is C19H27NO5S. The monoisotopic (exact) mass is 381 g/mol. The Balaban J connectivity index is 2.37. The van der Waals surface area contributed by atoms with Crippen LogP contribution in [0.5, 0.6) is 0 Å². The topological polar surface area (TPSA) is 81.7 Å². The molecule has 0 saturated heterocycles. The summed E-state index contributed by atoms with van der Waals surface area (Å²) in [4.78, 5) is 37.6. The van der Waals surface area contributed by atoms with Crippen molar-refractivity contribution >= 4 is 34.2 Å². The van der Waals surface area contributed by atoms with Gasteiger partial charge >= 0.3 is 11.9 Å². The highest BCUT2D eigenvalue weighted by atomic mass is 32.1. The molecule has 0 bridgehead atoms. The molecule has 0 aliphatic heterocycles. The maximum atomic E-state index is 12.8. The number of anilines is 1. The Bertz CT molecular complexity index is 733. The minimum absolute atomic E-state index is 0.128. The lowest BCUT2D eigenvalue weighted by atomic mass is 10.0. The molecule has 1 aliphatic rings. The van der Waals surface area contributed by atoms with Crippen molar-refractivity contribution in [1.29, 1.82) is 0 Å². The molecule has 7 heteroatoms. The summed E-state index contributed by atoms with van der Waals surface area (Å²) in [6, 6.07) is 0. The van der Waals surface area contributed by atoms with Crippen LogP contribution in [0, 0.1) is 23.7 Å². The van der Waals surface area contributed by atoms with Gasteiger partial charge in [-0.25, -0.2) is 9.59 Å². The normalized spacial score (nSPS) is 17.5. The van der Waals surface area contributed by atoms with Gasteiger partial charge in [0.2, 0.25) is 5.91 Å². The third kappa shape index (κ3) is 3.24. The second-order valence-electron chi connectivity index (χ2n) is 7.57. The molecule has 1 fully saturated rings. The first-order valence-corrected chi connectivity index (χ1v) is 9.60. The molecule has 144 valence electrons. The summed E-state index contributed by atoms with van der Waals surface area (Å²) in [5, 5.41) is 3.19. The molecule has 2 rings (SSSR count). The van der Waals surface area contributed by atoms with Gasteiger partial charge in [0.05, 0.1) is 18.8 Å². The SMILES string of the molecule is CCOC(=O)c1sc(NC(=O)C2C(C)(C)C2(C)C)c(C(=O)OCC)c1C. The van der Waals surface area contributed by atoms with Gasteiger partial charge in [-0.15, -0.1) is 11.3 Å². The van der Waals surface area contributed by atoms with Crippen molar-refractivity contribution in [2.24, 2.45) is 16.7 Å². The van der Waals surface area contributed by atoms with E-state index in [9.17, 15) is 14.4 Å². The number of thiophene rings is 1. The van der Waals surface area contributed by atoms with Crippen LogP contribution in [-0.4, -0.2) is 31.1 Å².